The van der Waals surface area contributed by atoms with Gasteiger partial charge in [-0.1, -0.05) is 36.3 Å². The first-order valence-corrected chi connectivity index (χ1v) is 9.64. The summed E-state index contributed by atoms with van der Waals surface area (Å²) in [5.74, 6) is -0.147. The van der Waals surface area contributed by atoms with Crippen molar-refractivity contribution < 1.29 is 13.9 Å². The summed E-state index contributed by atoms with van der Waals surface area (Å²) in [4.78, 5) is 15.2. The summed E-state index contributed by atoms with van der Waals surface area (Å²) in [5, 5.41) is 4.36. The number of primary amides is 1. The first-order chi connectivity index (χ1) is 13.1. The maximum absolute atomic E-state index is 13.0. The number of aromatic nitrogens is 1. The van der Waals surface area contributed by atoms with Gasteiger partial charge in [0.15, 0.2) is 5.13 Å². The number of nitrogens with one attached hydrogen (secondary N) is 1. The zero-order valence-corrected chi connectivity index (χ0v) is 15.9. The van der Waals surface area contributed by atoms with E-state index in [0.717, 1.165) is 15.3 Å². The SMILES string of the molecule is COc1ccccc1C(N)=O.Fc1ccc2nc(NC3CCCC3)sc2c1. The van der Waals surface area contributed by atoms with Gasteiger partial charge in [-0.25, -0.2) is 9.37 Å². The third kappa shape index (κ3) is 4.95. The molecule has 7 heteroatoms. The van der Waals surface area contributed by atoms with Crippen LogP contribution in [0.2, 0.25) is 0 Å². The molecule has 1 aliphatic rings. The maximum atomic E-state index is 13.0. The van der Waals surface area contributed by atoms with Crippen molar-refractivity contribution in [2.45, 2.75) is 31.7 Å². The van der Waals surface area contributed by atoms with Gasteiger partial charge in [-0.15, -0.1) is 0 Å². The van der Waals surface area contributed by atoms with E-state index in [1.165, 1.54) is 50.2 Å². The Bertz CT molecular complexity index is 922. The average Bonchev–Trinajstić information content (AvgIpc) is 3.31. The summed E-state index contributed by atoms with van der Waals surface area (Å²) in [6.45, 7) is 0. The van der Waals surface area contributed by atoms with Crippen molar-refractivity contribution in [3.05, 3.63) is 53.8 Å². The molecule has 1 saturated carbocycles. The Morgan fingerprint density at radius 2 is 2.00 bits per heavy atom. The lowest BCUT2D eigenvalue weighted by Crippen LogP contribution is -2.13. The Labute approximate surface area is 161 Å². The van der Waals surface area contributed by atoms with E-state index in [1.54, 1.807) is 36.4 Å². The molecule has 1 aliphatic carbocycles. The van der Waals surface area contributed by atoms with E-state index in [9.17, 15) is 9.18 Å². The lowest BCUT2D eigenvalue weighted by Gasteiger charge is -2.09. The van der Waals surface area contributed by atoms with Crippen molar-refractivity contribution in [1.29, 1.82) is 0 Å². The third-order valence-corrected chi connectivity index (χ3v) is 5.36. The highest BCUT2D eigenvalue weighted by Crippen LogP contribution is 2.29. The third-order valence-electron chi connectivity index (χ3n) is 4.41. The lowest BCUT2D eigenvalue weighted by molar-refractivity contribution is 0.0997. The minimum absolute atomic E-state index is 0.191. The zero-order valence-electron chi connectivity index (χ0n) is 15.1. The van der Waals surface area contributed by atoms with E-state index in [4.69, 9.17) is 10.5 Å². The van der Waals surface area contributed by atoms with Gasteiger partial charge in [0.05, 0.1) is 22.9 Å². The van der Waals surface area contributed by atoms with Gasteiger partial charge in [0.25, 0.3) is 5.91 Å². The summed E-state index contributed by atoms with van der Waals surface area (Å²) >= 11 is 1.54. The molecule has 2 aromatic carbocycles. The molecule has 0 bridgehead atoms. The molecule has 1 fully saturated rings. The molecule has 0 spiro atoms. The number of thiazole rings is 1. The number of hydrogen-bond acceptors (Lipinski definition) is 5. The first-order valence-electron chi connectivity index (χ1n) is 8.82. The molecule has 1 heterocycles. The normalized spacial score (nSPS) is 13.9. The molecule has 27 heavy (non-hydrogen) atoms. The van der Waals surface area contributed by atoms with E-state index in [0.29, 0.717) is 17.4 Å². The highest BCUT2D eigenvalue weighted by molar-refractivity contribution is 7.22. The maximum Gasteiger partial charge on any atom is 0.252 e. The number of rotatable bonds is 4. The van der Waals surface area contributed by atoms with E-state index in [1.807, 2.05) is 0 Å². The molecule has 142 valence electrons. The second-order valence-electron chi connectivity index (χ2n) is 6.32. The van der Waals surface area contributed by atoms with E-state index >= 15 is 0 Å². The van der Waals surface area contributed by atoms with Gasteiger partial charge < -0.3 is 15.8 Å². The molecule has 1 aromatic heterocycles. The van der Waals surface area contributed by atoms with Crippen LogP contribution in [0.5, 0.6) is 5.75 Å². The second-order valence-corrected chi connectivity index (χ2v) is 7.35. The van der Waals surface area contributed by atoms with E-state index in [-0.39, 0.29) is 5.82 Å². The monoisotopic (exact) mass is 387 g/mol. The molecule has 5 nitrogen and oxygen atoms in total. The number of benzene rings is 2. The highest BCUT2D eigenvalue weighted by atomic mass is 32.1. The summed E-state index contributed by atoms with van der Waals surface area (Å²) < 4.78 is 18.8. The molecule has 3 aromatic rings. The molecule has 0 radical (unpaired) electrons. The number of fused-ring (bicyclic) bond motifs is 1. The van der Waals surface area contributed by atoms with Gasteiger partial charge in [-0.2, -0.15) is 0 Å². The number of amides is 1. The molecule has 0 unspecified atom stereocenters. The van der Waals surface area contributed by atoms with E-state index < -0.39 is 5.91 Å². The van der Waals surface area contributed by atoms with Gasteiger partial charge in [-0.05, 0) is 43.2 Å². The van der Waals surface area contributed by atoms with Crippen LogP contribution in [0.4, 0.5) is 9.52 Å². The number of methoxy groups -OCH3 is 1. The molecular formula is C20H22FN3O2S. The predicted octanol–water partition coefficient (Wildman–Crippen LogP) is 4.58. The van der Waals surface area contributed by atoms with Crippen LogP contribution < -0.4 is 15.8 Å². The number of para-hydroxylation sites is 1. The number of nitrogens with zero attached hydrogens (tertiary/aromatic N) is 1. The highest BCUT2D eigenvalue weighted by Gasteiger charge is 2.16. The van der Waals surface area contributed by atoms with Gasteiger partial charge in [-0.3, -0.25) is 4.79 Å². The fourth-order valence-electron chi connectivity index (χ4n) is 3.05. The van der Waals surface area contributed by atoms with E-state index in [2.05, 4.69) is 10.3 Å². The Morgan fingerprint density at radius 1 is 1.26 bits per heavy atom. The summed E-state index contributed by atoms with van der Waals surface area (Å²) in [5.41, 5.74) is 6.36. The largest absolute Gasteiger partial charge is 0.496 e. The number of ether oxygens (including phenoxy) is 1. The van der Waals surface area contributed by atoms with Crippen molar-refractivity contribution in [3.63, 3.8) is 0 Å². The van der Waals surface area contributed by atoms with Crippen LogP contribution in [0.3, 0.4) is 0 Å². The minimum atomic E-state index is -0.470. The molecule has 3 N–H and O–H groups in total. The predicted molar refractivity (Wildman–Crippen MR) is 107 cm³/mol. The summed E-state index contributed by atoms with van der Waals surface area (Å²) in [6, 6.07) is 12.1. The van der Waals surface area contributed by atoms with Crippen LogP contribution in [0.25, 0.3) is 10.2 Å². The summed E-state index contributed by atoms with van der Waals surface area (Å²) in [7, 11) is 1.50. The molecule has 0 atom stereocenters. The number of carbonyl (C=O) groups excluding carboxylic acids is 1. The number of hydrogen-bond donors (Lipinski definition) is 2. The lowest BCUT2D eigenvalue weighted by atomic mass is 10.2. The second kappa shape index (κ2) is 8.81. The molecule has 0 saturated heterocycles. The number of halogens is 1. The van der Waals surface area contributed by atoms with Crippen LogP contribution in [-0.2, 0) is 0 Å². The topological polar surface area (TPSA) is 77.2 Å². The smallest absolute Gasteiger partial charge is 0.252 e. The van der Waals surface area contributed by atoms with Crippen LogP contribution in [-0.4, -0.2) is 24.0 Å². The fraction of sp³-hybridized carbons (Fsp3) is 0.300. The summed E-state index contributed by atoms with van der Waals surface area (Å²) in [6.07, 6.45) is 5.06. The number of nitrogens with two attached hydrogens (primary N) is 1. The van der Waals surface area contributed by atoms with Crippen LogP contribution in [0.15, 0.2) is 42.5 Å². The van der Waals surface area contributed by atoms with Crippen LogP contribution in [0.1, 0.15) is 36.0 Å². The minimum Gasteiger partial charge on any atom is -0.496 e. The van der Waals surface area contributed by atoms with Gasteiger partial charge >= 0.3 is 0 Å². The number of carbonyl (C=O) groups is 1. The Morgan fingerprint density at radius 3 is 2.67 bits per heavy atom. The van der Waals surface area contributed by atoms with Crippen LogP contribution in [0, 0.1) is 5.82 Å². The zero-order chi connectivity index (χ0) is 19.2. The van der Waals surface area contributed by atoms with Crippen molar-refractivity contribution in [3.8, 4) is 5.75 Å². The molecular weight excluding hydrogens is 365 g/mol. The Kier molecular flexibility index (Phi) is 6.24. The molecule has 1 amide bonds. The standard InChI is InChI=1S/C12H13FN2S.C8H9NO2/c13-8-5-6-10-11(7-8)16-12(15-10)14-9-3-1-2-4-9;1-11-7-5-3-2-4-6(7)8(9)10/h5-7,9H,1-4H2,(H,14,15);2-5H,1H3,(H2,9,10). The van der Waals surface area contributed by atoms with Crippen molar-refractivity contribution in [2.24, 2.45) is 5.73 Å². The van der Waals surface area contributed by atoms with Gasteiger partial charge in [0.2, 0.25) is 0 Å². The van der Waals surface area contributed by atoms with Crippen molar-refractivity contribution in [1.82, 2.24) is 4.98 Å². The Balaban J connectivity index is 0.000000168. The number of anilines is 1. The quantitative estimate of drug-likeness (QED) is 0.687. The average molecular weight is 387 g/mol. The van der Waals surface area contributed by atoms with Gasteiger partial charge in [0.1, 0.15) is 11.6 Å². The molecule has 0 aliphatic heterocycles. The van der Waals surface area contributed by atoms with Crippen LogP contribution >= 0.6 is 11.3 Å². The Hall–Kier alpha value is -2.67. The first kappa shape index (κ1) is 19.1. The van der Waals surface area contributed by atoms with Gasteiger partial charge in [0, 0.05) is 6.04 Å². The molecule has 4 rings (SSSR count). The fourth-order valence-corrected chi connectivity index (χ4v) is 4.02. The van der Waals surface area contributed by atoms with Crippen molar-refractivity contribution >= 4 is 32.6 Å². The van der Waals surface area contributed by atoms with Crippen molar-refractivity contribution in [2.75, 3.05) is 12.4 Å².